The lowest BCUT2D eigenvalue weighted by atomic mass is 9.99. The number of rotatable bonds is 7. The van der Waals surface area contributed by atoms with Crippen LogP contribution in [0.25, 0.3) is 0 Å². The second-order valence-corrected chi connectivity index (χ2v) is 5.78. The molecule has 2 atom stereocenters. The summed E-state index contributed by atoms with van der Waals surface area (Å²) in [4.78, 5) is 0. The number of hydrogen-bond acceptors (Lipinski definition) is 2. The molecule has 2 unspecified atom stereocenters. The van der Waals surface area contributed by atoms with Crippen molar-refractivity contribution in [2.45, 2.75) is 64.5 Å². The Kier molecular flexibility index (Phi) is 5.41. The first-order chi connectivity index (χ1) is 9.22. The molecule has 0 fully saturated rings. The molecular weight excluding hydrogens is 234 g/mol. The van der Waals surface area contributed by atoms with Gasteiger partial charge in [-0.05, 0) is 55.8 Å². The highest BCUT2D eigenvalue weighted by atomic mass is 16.3. The number of aryl methyl sites for hydroxylation is 2. The first kappa shape index (κ1) is 14.5. The van der Waals surface area contributed by atoms with E-state index in [4.69, 9.17) is 0 Å². The fourth-order valence-electron chi connectivity index (χ4n) is 2.88. The van der Waals surface area contributed by atoms with Crippen molar-refractivity contribution >= 4 is 0 Å². The molecule has 2 N–H and O–H groups in total. The summed E-state index contributed by atoms with van der Waals surface area (Å²) in [6.07, 6.45) is 6.94. The SMILES string of the molecule is CCCCCNC(C)C(O)c1ccc2c(c1)CCC2. The molecule has 2 nitrogen and oxygen atoms in total. The van der Waals surface area contributed by atoms with Gasteiger partial charge >= 0.3 is 0 Å². The minimum atomic E-state index is -0.396. The number of aliphatic hydroxyl groups is 1. The number of nitrogens with one attached hydrogen (secondary N) is 1. The van der Waals surface area contributed by atoms with E-state index in [1.807, 2.05) is 0 Å². The van der Waals surface area contributed by atoms with Crippen molar-refractivity contribution < 1.29 is 5.11 Å². The van der Waals surface area contributed by atoms with Gasteiger partial charge < -0.3 is 10.4 Å². The highest BCUT2D eigenvalue weighted by molar-refractivity contribution is 5.36. The summed E-state index contributed by atoms with van der Waals surface area (Å²) in [6, 6.07) is 6.62. The quantitative estimate of drug-likeness (QED) is 0.738. The predicted octanol–water partition coefficient (Wildman–Crippen LogP) is 3.38. The molecule has 0 radical (unpaired) electrons. The van der Waals surface area contributed by atoms with Gasteiger partial charge in [-0.3, -0.25) is 0 Å². The number of fused-ring (bicyclic) bond motifs is 1. The van der Waals surface area contributed by atoms with Crippen LogP contribution in [-0.4, -0.2) is 17.7 Å². The molecule has 0 aromatic heterocycles. The van der Waals surface area contributed by atoms with E-state index in [2.05, 4.69) is 37.4 Å². The van der Waals surface area contributed by atoms with E-state index >= 15 is 0 Å². The van der Waals surface area contributed by atoms with Crippen LogP contribution in [0.1, 0.15) is 62.3 Å². The second kappa shape index (κ2) is 7.06. The molecular formula is C17H27NO. The fourth-order valence-corrected chi connectivity index (χ4v) is 2.88. The minimum Gasteiger partial charge on any atom is -0.387 e. The Labute approximate surface area is 117 Å². The summed E-state index contributed by atoms with van der Waals surface area (Å²) in [5.41, 5.74) is 3.98. The zero-order valence-corrected chi connectivity index (χ0v) is 12.3. The van der Waals surface area contributed by atoms with Crippen molar-refractivity contribution in [3.05, 3.63) is 34.9 Å². The Morgan fingerprint density at radius 1 is 1.21 bits per heavy atom. The van der Waals surface area contributed by atoms with Crippen LogP contribution in [0.5, 0.6) is 0 Å². The van der Waals surface area contributed by atoms with Crippen LogP contribution < -0.4 is 5.32 Å². The van der Waals surface area contributed by atoms with Crippen molar-refractivity contribution in [3.63, 3.8) is 0 Å². The van der Waals surface area contributed by atoms with E-state index < -0.39 is 6.10 Å². The molecule has 0 spiro atoms. The number of aliphatic hydroxyl groups excluding tert-OH is 1. The Hall–Kier alpha value is -0.860. The van der Waals surface area contributed by atoms with Gasteiger partial charge in [0.15, 0.2) is 0 Å². The van der Waals surface area contributed by atoms with E-state index in [1.54, 1.807) is 0 Å². The van der Waals surface area contributed by atoms with Gasteiger partial charge in [0.1, 0.15) is 0 Å². The monoisotopic (exact) mass is 261 g/mol. The van der Waals surface area contributed by atoms with Crippen LogP contribution in [0.3, 0.4) is 0 Å². The maximum atomic E-state index is 10.4. The van der Waals surface area contributed by atoms with Crippen molar-refractivity contribution in [1.29, 1.82) is 0 Å². The molecule has 19 heavy (non-hydrogen) atoms. The fraction of sp³-hybridized carbons (Fsp3) is 0.647. The van der Waals surface area contributed by atoms with E-state index in [0.29, 0.717) is 0 Å². The highest BCUT2D eigenvalue weighted by Crippen LogP contribution is 2.26. The number of hydrogen-bond donors (Lipinski definition) is 2. The third-order valence-corrected chi connectivity index (χ3v) is 4.18. The van der Waals surface area contributed by atoms with Gasteiger partial charge in [0, 0.05) is 6.04 Å². The average molecular weight is 261 g/mol. The lowest BCUT2D eigenvalue weighted by molar-refractivity contribution is 0.136. The van der Waals surface area contributed by atoms with Gasteiger partial charge in [0.2, 0.25) is 0 Å². The summed E-state index contributed by atoms with van der Waals surface area (Å²) in [5.74, 6) is 0. The normalized spacial score (nSPS) is 17.2. The molecule has 2 heteroatoms. The predicted molar refractivity (Wildman–Crippen MR) is 80.4 cm³/mol. The maximum Gasteiger partial charge on any atom is 0.0940 e. The molecule has 1 aromatic carbocycles. The van der Waals surface area contributed by atoms with Gasteiger partial charge in [-0.1, -0.05) is 38.0 Å². The van der Waals surface area contributed by atoms with Crippen LogP contribution in [0, 0.1) is 0 Å². The smallest absolute Gasteiger partial charge is 0.0940 e. The zero-order valence-electron chi connectivity index (χ0n) is 12.3. The lowest BCUT2D eigenvalue weighted by Gasteiger charge is -2.21. The van der Waals surface area contributed by atoms with Gasteiger partial charge in [0.25, 0.3) is 0 Å². The van der Waals surface area contributed by atoms with Crippen molar-refractivity contribution in [2.24, 2.45) is 0 Å². The van der Waals surface area contributed by atoms with Crippen molar-refractivity contribution in [2.75, 3.05) is 6.54 Å². The van der Waals surface area contributed by atoms with E-state index in [0.717, 1.165) is 12.1 Å². The Morgan fingerprint density at radius 3 is 2.79 bits per heavy atom. The summed E-state index contributed by atoms with van der Waals surface area (Å²) in [5, 5.41) is 13.8. The molecule has 2 rings (SSSR count). The number of benzene rings is 1. The third-order valence-electron chi connectivity index (χ3n) is 4.18. The molecule has 1 aliphatic rings. The Balaban J connectivity index is 1.89. The molecule has 0 aliphatic heterocycles. The molecule has 1 aromatic rings. The number of unbranched alkanes of at least 4 members (excludes halogenated alkanes) is 2. The van der Waals surface area contributed by atoms with E-state index in [-0.39, 0.29) is 6.04 Å². The van der Waals surface area contributed by atoms with Crippen LogP contribution in [-0.2, 0) is 12.8 Å². The molecule has 0 bridgehead atoms. The Morgan fingerprint density at radius 2 is 2.00 bits per heavy atom. The van der Waals surface area contributed by atoms with Crippen LogP contribution in [0.4, 0.5) is 0 Å². The van der Waals surface area contributed by atoms with Gasteiger partial charge in [-0.2, -0.15) is 0 Å². The summed E-state index contributed by atoms with van der Waals surface area (Å²) < 4.78 is 0. The summed E-state index contributed by atoms with van der Waals surface area (Å²) in [7, 11) is 0. The average Bonchev–Trinajstić information content (AvgIpc) is 2.89. The van der Waals surface area contributed by atoms with Gasteiger partial charge in [-0.25, -0.2) is 0 Å². The highest BCUT2D eigenvalue weighted by Gasteiger charge is 2.18. The van der Waals surface area contributed by atoms with Crippen LogP contribution in [0.15, 0.2) is 18.2 Å². The topological polar surface area (TPSA) is 32.3 Å². The van der Waals surface area contributed by atoms with Crippen LogP contribution in [0.2, 0.25) is 0 Å². The Bertz CT molecular complexity index is 402. The molecule has 0 saturated carbocycles. The second-order valence-electron chi connectivity index (χ2n) is 5.78. The molecule has 0 heterocycles. The molecule has 0 saturated heterocycles. The minimum absolute atomic E-state index is 0.122. The largest absolute Gasteiger partial charge is 0.387 e. The molecule has 106 valence electrons. The first-order valence-corrected chi connectivity index (χ1v) is 7.75. The lowest BCUT2D eigenvalue weighted by Crippen LogP contribution is -2.32. The van der Waals surface area contributed by atoms with Crippen LogP contribution >= 0.6 is 0 Å². The van der Waals surface area contributed by atoms with Crippen molar-refractivity contribution in [3.8, 4) is 0 Å². The van der Waals surface area contributed by atoms with Gasteiger partial charge in [0.05, 0.1) is 6.10 Å². The maximum absolute atomic E-state index is 10.4. The van der Waals surface area contributed by atoms with E-state index in [9.17, 15) is 5.11 Å². The third kappa shape index (κ3) is 3.80. The first-order valence-electron chi connectivity index (χ1n) is 7.75. The van der Waals surface area contributed by atoms with Crippen molar-refractivity contribution in [1.82, 2.24) is 5.32 Å². The standard InChI is InChI=1S/C17H27NO/c1-3-4-5-11-18-13(2)17(19)16-10-9-14-7-6-8-15(14)12-16/h9-10,12-13,17-19H,3-8,11H2,1-2H3. The summed E-state index contributed by atoms with van der Waals surface area (Å²) >= 11 is 0. The van der Waals surface area contributed by atoms with E-state index in [1.165, 1.54) is 49.7 Å². The zero-order chi connectivity index (χ0) is 13.7. The summed E-state index contributed by atoms with van der Waals surface area (Å²) in [6.45, 7) is 5.28. The van der Waals surface area contributed by atoms with Gasteiger partial charge in [-0.15, -0.1) is 0 Å². The molecule has 0 amide bonds. The molecule has 1 aliphatic carbocycles.